The Morgan fingerprint density at radius 3 is 2.60 bits per heavy atom. The summed E-state index contributed by atoms with van der Waals surface area (Å²) in [4.78, 5) is 11.9. The minimum atomic E-state index is -0.688. The van der Waals surface area contributed by atoms with Gasteiger partial charge in [0.25, 0.3) is 0 Å². The van der Waals surface area contributed by atoms with Gasteiger partial charge >= 0.3 is 0 Å². The first-order chi connectivity index (χ1) is 11.5. The predicted octanol–water partition coefficient (Wildman–Crippen LogP) is 3.22. The second-order valence-electron chi connectivity index (χ2n) is 5.81. The lowest BCUT2D eigenvalue weighted by Gasteiger charge is -2.14. The summed E-state index contributed by atoms with van der Waals surface area (Å²) in [5.41, 5.74) is 9.67. The Morgan fingerprint density at radius 2 is 1.96 bits per heavy atom. The smallest absolute Gasteiger partial charge is 0.243 e. The lowest BCUT2D eigenvalue weighted by atomic mass is 10.1. The van der Waals surface area contributed by atoms with Gasteiger partial charge in [-0.1, -0.05) is 29.8 Å². The van der Waals surface area contributed by atoms with Crippen molar-refractivity contribution in [2.45, 2.75) is 26.5 Å². The van der Waals surface area contributed by atoms with Crippen molar-refractivity contribution in [1.29, 1.82) is 0 Å². The van der Waals surface area contributed by atoms with E-state index in [9.17, 15) is 4.79 Å². The number of halogens is 1. The Balaban J connectivity index is 0.00000312. The van der Waals surface area contributed by atoms with E-state index >= 15 is 0 Å². The third-order valence-corrected chi connectivity index (χ3v) is 3.63. The summed E-state index contributed by atoms with van der Waals surface area (Å²) in [5.74, 6) is 0.488. The summed E-state index contributed by atoms with van der Waals surface area (Å²) in [6.07, 6.45) is 0. The van der Waals surface area contributed by atoms with Crippen LogP contribution in [0.15, 0.2) is 42.5 Å². The first kappa shape index (κ1) is 21.0. The van der Waals surface area contributed by atoms with E-state index in [4.69, 9.17) is 15.2 Å². The number of methoxy groups -OCH3 is 1. The van der Waals surface area contributed by atoms with E-state index in [0.717, 1.165) is 22.6 Å². The maximum atomic E-state index is 11.9. The zero-order valence-electron chi connectivity index (χ0n) is 14.7. The Kier molecular flexibility index (Phi) is 8.41. The first-order valence-electron chi connectivity index (χ1n) is 7.84. The number of anilines is 1. The molecule has 0 saturated heterocycles. The third-order valence-electron chi connectivity index (χ3n) is 3.63. The van der Waals surface area contributed by atoms with Crippen LogP contribution in [0.3, 0.4) is 0 Å². The molecule has 3 N–H and O–H groups in total. The lowest BCUT2D eigenvalue weighted by molar-refractivity contribution is -0.118. The molecule has 0 spiro atoms. The number of aryl methyl sites for hydroxylation is 2. The van der Waals surface area contributed by atoms with E-state index in [2.05, 4.69) is 24.4 Å². The normalized spacial score (nSPS) is 11.4. The Bertz CT molecular complexity index is 707. The van der Waals surface area contributed by atoms with Gasteiger partial charge in [0.05, 0.1) is 6.61 Å². The zero-order valence-corrected chi connectivity index (χ0v) is 15.6. The van der Waals surface area contributed by atoms with Gasteiger partial charge in [-0.3, -0.25) is 4.79 Å². The van der Waals surface area contributed by atoms with Crippen molar-refractivity contribution < 1.29 is 14.3 Å². The highest BCUT2D eigenvalue weighted by atomic mass is 35.5. The van der Waals surface area contributed by atoms with Gasteiger partial charge in [0.1, 0.15) is 18.4 Å². The van der Waals surface area contributed by atoms with E-state index in [1.165, 1.54) is 12.7 Å². The molecule has 25 heavy (non-hydrogen) atoms. The van der Waals surface area contributed by atoms with Gasteiger partial charge in [-0.15, -0.1) is 12.4 Å². The standard InChI is InChI=1S/C19H24N2O3.ClH/c1-13-5-4-6-15(9-13)11-24-16-7-8-18(14(2)10-16)21-19(22)17(20)12-23-3;/h4-10,17H,11-12,20H2,1-3H3,(H,21,22);1H. The van der Waals surface area contributed by atoms with Crippen molar-refractivity contribution in [2.24, 2.45) is 5.73 Å². The minimum Gasteiger partial charge on any atom is -0.489 e. The molecule has 136 valence electrons. The second kappa shape index (κ2) is 10.0. The number of rotatable bonds is 7. The highest BCUT2D eigenvalue weighted by Crippen LogP contribution is 2.22. The van der Waals surface area contributed by atoms with Gasteiger partial charge in [-0.2, -0.15) is 0 Å². The second-order valence-corrected chi connectivity index (χ2v) is 5.81. The molecular formula is C19H25ClN2O3. The van der Waals surface area contributed by atoms with Gasteiger partial charge in [0.15, 0.2) is 0 Å². The van der Waals surface area contributed by atoms with Crippen molar-refractivity contribution in [3.05, 3.63) is 59.2 Å². The van der Waals surface area contributed by atoms with Crippen molar-refractivity contribution >= 4 is 24.0 Å². The van der Waals surface area contributed by atoms with Crippen LogP contribution in [0.2, 0.25) is 0 Å². The molecule has 5 nitrogen and oxygen atoms in total. The van der Waals surface area contributed by atoms with E-state index in [-0.39, 0.29) is 24.9 Å². The van der Waals surface area contributed by atoms with Crippen LogP contribution in [0.5, 0.6) is 5.75 Å². The van der Waals surface area contributed by atoms with Crippen molar-refractivity contribution in [3.8, 4) is 5.75 Å². The third kappa shape index (κ3) is 6.38. The molecule has 2 rings (SSSR count). The first-order valence-corrected chi connectivity index (χ1v) is 7.84. The van der Waals surface area contributed by atoms with Gasteiger partial charge in [0, 0.05) is 12.8 Å². The number of amides is 1. The summed E-state index contributed by atoms with van der Waals surface area (Å²) < 4.78 is 10.7. The van der Waals surface area contributed by atoms with E-state index in [1.807, 2.05) is 37.3 Å². The van der Waals surface area contributed by atoms with E-state index in [1.54, 1.807) is 0 Å². The molecule has 0 heterocycles. The molecule has 2 aromatic rings. The van der Waals surface area contributed by atoms with Crippen LogP contribution in [0.25, 0.3) is 0 Å². The van der Waals surface area contributed by atoms with E-state index < -0.39 is 6.04 Å². The molecule has 0 aromatic heterocycles. The van der Waals surface area contributed by atoms with Crippen LogP contribution in [-0.4, -0.2) is 25.7 Å². The molecule has 0 aliphatic heterocycles. The van der Waals surface area contributed by atoms with Crippen LogP contribution in [-0.2, 0) is 16.1 Å². The van der Waals surface area contributed by atoms with Gasteiger partial charge in [-0.05, 0) is 43.2 Å². The van der Waals surface area contributed by atoms with Crippen LogP contribution in [0.4, 0.5) is 5.69 Å². The summed E-state index contributed by atoms with van der Waals surface area (Å²) in [6.45, 7) is 4.66. The van der Waals surface area contributed by atoms with Crippen LogP contribution < -0.4 is 15.8 Å². The highest BCUT2D eigenvalue weighted by Gasteiger charge is 2.14. The van der Waals surface area contributed by atoms with Crippen molar-refractivity contribution in [3.63, 3.8) is 0 Å². The molecule has 0 radical (unpaired) electrons. The average Bonchev–Trinajstić information content (AvgIpc) is 2.55. The summed E-state index contributed by atoms with van der Waals surface area (Å²) in [6, 6.07) is 13.1. The summed E-state index contributed by atoms with van der Waals surface area (Å²) >= 11 is 0. The number of hydrogen-bond acceptors (Lipinski definition) is 4. The maximum Gasteiger partial charge on any atom is 0.243 e. The topological polar surface area (TPSA) is 73.6 Å². The number of hydrogen-bond donors (Lipinski definition) is 2. The highest BCUT2D eigenvalue weighted by molar-refractivity contribution is 5.95. The summed E-state index contributed by atoms with van der Waals surface area (Å²) in [7, 11) is 1.51. The van der Waals surface area contributed by atoms with Crippen LogP contribution >= 0.6 is 12.4 Å². The van der Waals surface area contributed by atoms with E-state index in [0.29, 0.717) is 6.61 Å². The van der Waals surface area contributed by atoms with Crippen molar-refractivity contribution in [2.75, 3.05) is 19.0 Å². The molecule has 2 aromatic carbocycles. The number of carbonyl (C=O) groups excluding carboxylic acids is 1. The largest absolute Gasteiger partial charge is 0.489 e. The van der Waals surface area contributed by atoms with Gasteiger partial charge < -0.3 is 20.5 Å². The number of ether oxygens (including phenoxy) is 2. The Morgan fingerprint density at radius 1 is 1.20 bits per heavy atom. The quantitative estimate of drug-likeness (QED) is 0.791. The monoisotopic (exact) mass is 364 g/mol. The minimum absolute atomic E-state index is 0. The lowest BCUT2D eigenvalue weighted by Crippen LogP contribution is -2.39. The number of nitrogens with two attached hydrogens (primary N) is 1. The zero-order chi connectivity index (χ0) is 17.5. The van der Waals surface area contributed by atoms with Crippen LogP contribution in [0, 0.1) is 13.8 Å². The molecule has 1 amide bonds. The molecule has 0 aliphatic rings. The van der Waals surface area contributed by atoms with Crippen LogP contribution in [0.1, 0.15) is 16.7 Å². The fourth-order valence-corrected chi connectivity index (χ4v) is 2.32. The number of benzene rings is 2. The molecule has 6 heteroatoms. The Labute approximate surface area is 154 Å². The number of carbonyl (C=O) groups is 1. The molecule has 1 unspecified atom stereocenters. The molecule has 0 bridgehead atoms. The van der Waals surface area contributed by atoms with Crippen molar-refractivity contribution in [1.82, 2.24) is 0 Å². The maximum absolute atomic E-state index is 11.9. The molecular weight excluding hydrogens is 340 g/mol. The Hall–Kier alpha value is -2.08. The molecule has 0 saturated carbocycles. The number of nitrogens with one attached hydrogen (secondary N) is 1. The predicted molar refractivity (Wildman–Crippen MR) is 102 cm³/mol. The fraction of sp³-hybridized carbons (Fsp3) is 0.316. The molecule has 1 atom stereocenters. The average molecular weight is 365 g/mol. The molecule has 0 fully saturated rings. The van der Waals surface area contributed by atoms with Gasteiger partial charge in [0.2, 0.25) is 5.91 Å². The summed E-state index contributed by atoms with van der Waals surface area (Å²) in [5, 5.41) is 2.80. The van der Waals surface area contributed by atoms with Gasteiger partial charge in [-0.25, -0.2) is 0 Å². The SMILES string of the molecule is COCC(N)C(=O)Nc1ccc(OCc2cccc(C)c2)cc1C.Cl. The fourth-order valence-electron chi connectivity index (χ4n) is 2.32. The molecule has 0 aliphatic carbocycles.